The van der Waals surface area contributed by atoms with Crippen LogP contribution in [0.5, 0.6) is 0 Å². The fourth-order valence-electron chi connectivity index (χ4n) is 2.33. The van der Waals surface area contributed by atoms with Gasteiger partial charge in [0, 0.05) is 44.0 Å². The first-order valence-electron chi connectivity index (χ1n) is 8.42. The third-order valence-corrected chi connectivity index (χ3v) is 3.34. The Bertz CT molecular complexity index is 399. The van der Waals surface area contributed by atoms with E-state index >= 15 is 0 Å². The van der Waals surface area contributed by atoms with Crippen molar-refractivity contribution in [2.75, 3.05) is 37.6 Å². The third kappa shape index (κ3) is 6.43. The Morgan fingerprint density at radius 2 is 1.50 bits per heavy atom. The Morgan fingerprint density at radius 1 is 1.00 bits per heavy atom. The lowest BCUT2D eigenvalue weighted by Crippen LogP contribution is -2.46. The molecule has 0 spiro atoms. The van der Waals surface area contributed by atoms with Crippen molar-refractivity contribution < 1.29 is 4.92 Å². The van der Waals surface area contributed by atoms with E-state index in [1.807, 2.05) is 39.8 Å². The molecule has 0 saturated carbocycles. The van der Waals surface area contributed by atoms with Crippen LogP contribution in [-0.4, -0.2) is 42.5 Å². The molecule has 0 unspecified atom stereocenters. The summed E-state index contributed by atoms with van der Waals surface area (Å²) in [7, 11) is 0. The number of anilines is 1. The van der Waals surface area contributed by atoms with E-state index in [9.17, 15) is 10.1 Å². The molecule has 1 saturated heterocycles. The monoisotopic (exact) mass is 309 g/mol. The highest BCUT2D eigenvalue weighted by Gasteiger charge is 2.16. The normalized spacial score (nSPS) is 14.3. The first-order chi connectivity index (χ1) is 10.7. The molecular formula is C17H31N3O2. The average Bonchev–Trinajstić information content (AvgIpc) is 2.59. The third-order valence-electron chi connectivity index (χ3n) is 3.34. The zero-order valence-electron chi connectivity index (χ0n) is 14.7. The molecule has 0 amide bonds. The van der Waals surface area contributed by atoms with E-state index < -0.39 is 0 Å². The van der Waals surface area contributed by atoms with Crippen LogP contribution < -0.4 is 4.90 Å². The van der Waals surface area contributed by atoms with E-state index in [-0.39, 0.29) is 10.6 Å². The molecule has 5 nitrogen and oxygen atoms in total. The highest BCUT2D eigenvalue weighted by Crippen LogP contribution is 2.20. The molecule has 5 heteroatoms. The van der Waals surface area contributed by atoms with Gasteiger partial charge in [0.2, 0.25) is 0 Å². The van der Waals surface area contributed by atoms with Gasteiger partial charge < -0.3 is 4.90 Å². The number of nitro groups is 1. The molecule has 22 heavy (non-hydrogen) atoms. The molecule has 1 fully saturated rings. The van der Waals surface area contributed by atoms with Gasteiger partial charge in [-0.05, 0) is 25.1 Å². The molecule has 1 aromatic carbocycles. The number of nitro benzene ring substituents is 1. The molecule has 1 heterocycles. The Morgan fingerprint density at radius 3 is 1.91 bits per heavy atom. The van der Waals surface area contributed by atoms with Crippen LogP contribution in [0.1, 0.15) is 41.0 Å². The van der Waals surface area contributed by atoms with Crippen molar-refractivity contribution in [3.63, 3.8) is 0 Å². The van der Waals surface area contributed by atoms with Gasteiger partial charge in [0.25, 0.3) is 5.69 Å². The number of nitrogens with zero attached hydrogens (tertiary/aromatic N) is 3. The Labute approximate surface area is 135 Å². The summed E-state index contributed by atoms with van der Waals surface area (Å²) in [5.41, 5.74) is 1.24. The molecule has 0 N–H and O–H groups in total. The SMILES string of the molecule is CC.CC.CCCN1CCN(c2ccc([N+](=O)[O-])cc2)CC1. The predicted octanol–water partition coefficient (Wildman–Crippen LogP) is 4.18. The van der Waals surface area contributed by atoms with Gasteiger partial charge in [-0.25, -0.2) is 0 Å². The average molecular weight is 309 g/mol. The maximum Gasteiger partial charge on any atom is 0.269 e. The highest BCUT2D eigenvalue weighted by molar-refractivity contribution is 5.51. The zero-order valence-corrected chi connectivity index (χ0v) is 14.7. The van der Waals surface area contributed by atoms with Crippen LogP contribution in [0, 0.1) is 10.1 Å². The second-order valence-corrected chi connectivity index (χ2v) is 4.60. The molecule has 0 aliphatic carbocycles. The molecule has 1 aliphatic rings. The van der Waals surface area contributed by atoms with Crippen molar-refractivity contribution in [3.8, 4) is 0 Å². The molecule has 1 aliphatic heterocycles. The van der Waals surface area contributed by atoms with Crippen molar-refractivity contribution in [3.05, 3.63) is 34.4 Å². The van der Waals surface area contributed by atoms with Gasteiger partial charge >= 0.3 is 0 Å². The minimum absolute atomic E-state index is 0.156. The van der Waals surface area contributed by atoms with Crippen LogP contribution in [0.2, 0.25) is 0 Å². The van der Waals surface area contributed by atoms with Gasteiger partial charge in [-0.3, -0.25) is 15.0 Å². The topological polar surface area (TPSA) is 49.6 Å². The molecule has 2 rings (SSSR count). The standard InChI is InChI=1S/C13H19N3O2.2C2H6/c1-2-7-14-8-10-15(11-9-14)12-3-5-13(6-4-12)16(17)18;2*1-2/h3-6H,2,7-11H2,1H3;2*1-2H3. The van der Waals surface area contributed by atoms with E-state index in [4.69, 9.17) is 0 Å². The lowest BCUT2D eigenvalue weighted by Gasteiger charge is -2.35. The molecule has 0 atom stereocenters. The van der Waals surface area contributed by atoms with Crippen molar-refractivity contribution >= 4 is 11.4 Å². The van der Waals surface area contributed by atoms with Crippen molar-refractivity contribution in [2.24, 2.45) is 0 Å². The summed E-state index contributed by atoms with van der Waals surface area (Å²) < 4.78 is 0. The van der Waals surface area contributed by atoms with Crippen LogP contribution in [-0.2, 0) is 0 Å². The first kappa shape index (κ1) is 20.4. The molecule has 0 radical (unpaired) electrons. The smallest absolute Gasteiger partial charge is 0.269 e. The van der Waals surface area contributed by atoms with Crippen LogP contribution >= 0.6 is 0 Å². The van der Waals surface area contributed by atoms with E-state index in [1.54, 1.807) is 12.1 Å². The van der Waals surface area contributed by atoms with Gasteiger partial charge in [-0.2, -0.15) is 0 Å². The van der Waals surface area contributed by atoms with Gasteiger partial charge in [0.1, 0.15) is 0 Å². The van der Waals surface area contributed by atoms with E-state index in [1.165, 1.54) is 6.42 Å². The summed E-state index contributed by atoms with van der Waals surface area (Å²) in [5, 5.41) is 10.6. The number of piperazine rings is 1. The minimum atomic E-state index is -0.358. The summed E-state index contributed by atoms with van der Waals surface area (Å²) in [5.74, 6) is 0. The largest absolute Gasteiger partial charge is 0.369 e. The maximum absolute atomic E-state index is 10.6. The predicted molar refractivity (Wildman–Crippen MR) is 94.7 cm³/mol. The number of rotatable bonds is 4. The van der Waals surface area contributed by atoms with Crippen LogP contribution in [0.4, 0.5) is 11.4 Å². The summed E-state index contributed by atoms with van der Waals surface area (Å²) in [6.07, 6.45) is 1.19. The van der Waals surface area contributed by atoms with Crippen LogP contribution in [0.3, 0.4) is 0 Å². The Balaban J connectivity index is 0.00000102. The van der Waals surface area contributed by atoms with Crippen molar-refractivity contribution in [2.45, 2.75) is 41.0 Å². The van der Waals surface area contributed by atoms with Crippen LogP contribution in [0.25, 0.3) is 0 Å². The van der Waals surface area contributed by atoms with Gasteiger partial charge in [-0.15, -0.1) is 0 Å². The number of hydrogen-bond acceptors (Lipinski definition) is 4. The van der Waals surface area contributed by atoms with Crippen molar-refractivity contribution in [1.29, 1.82) is 0 Å². The van der Waals surface area contributed by atoms with Crippen molar-refractivity contribution in [1.82, 2.24) is 4.90 Å². The maximum atomic E-state index is 10.6. The second kappa shape index (κ2) is 12.0. The van der Waals surface area contributed by atoms with Gasteiger partial charge in [0.15, 0.2) is 0 Å². The summed E-state index contributed by atoms with van der Waals surface area (Å²) in [4.78, 5) is 15.0. The minimum Gasteiger partial charge on any atom is -0.369 e. The van der Waals surface area contributed by atoms with Gasteiger partial charge in [-0.1, -0.05) is 34.6 Å². The molecule has 1 aromatic rings. The molecule has 126 valence electrons. The fraction of sp³-hybridized carbons (Fsp3) is 0.647. The Kier molecular flexibility index (Phi) is 11.1. The van der Waals surface area contributed by atoms with E-state index in [0.29, 0.717) is 0 Å². The molecule has 0 aromatic heterocycles. The molecular weight excluding hydrogens is 278 g/mol. The quantitative estimate of drug-likeness (QED) is 0.618. The summed E-state index contributed by atoms with van der Waals surface area (Å²) >= 11 is 0. The summed E-state index contributed by atoms with van der Waals surface area (Å²) in [6, 6.07) is 6.84. The second-order valence-electron chi connectivity index (χ2n) is 4.60. The van der Waals surface area contributed by atoms with Crippen LogP contribution in [0.15, 0.2) is 24.3 Å². The molecule has 0 bridgehead atoms. The Hall–Kier alpha value is -1.62. The number of hydrogen-bond donors (Lipinski definition) is 0. The lowest BCUT2D eigenvalue weighted by molar-refractivity contribution is -0.384. The van der Waals surface area contributed by atoms with E-state index in [2.05, 4.69) is 16.7 Å². The number of benzene rings is 1. The lowest BCUT2D eigenvalue weighted by atomic mass is 10.2. The van der Waals surface area contributed by atoms with E-state index in [0.717, 1.165) is 38.4 Å². The fourth-order valence-corrected chi connectivity index (χ4v) is 2.33. The number of non-ortho nitro benzene ring substituents is 1. The highest BCUT2D eigenvalue weighted by atomic mass is 16.6. The zero-order chi connectivity index (χ0) is 17.0. The summed E-state index contributed by atoms with van der Waals surface area (Å²) in [6.45, 7) is 15.5. The first-order valence-corrected chi connectivity index (χ1v) is 8.42. The van der Waals surface area contributed by atoms with Gasteiger partial charge in [0.05, 0.1) is 4.92 Å².